The number of carbonyl (C=O) groups is 1. The van der Waals surface area contributed by atoms with Crippen molar-refractivity contribution >= 4 is 21.6 Å². The zero-order valence-corrected chi connectivity index (χ0v) is 16.3. The number of anilines is 1. The van der Waals surface area contributed by atoms with Gasteiger partial charge in [-0.15, -0.1) is 0 Å². The highest BCUT2D eigenvalue weighted by atomic mass is 32.2. The summed E-state index contributed by atoms with van der Waals surface area (Å²) in [6, 6.07) is 13.4. The SMILES string of the molecule is CCNCc1cccc(NC(=O)c2cccc(S(=O)(=O)NCCOC)c2)c1. The zero-order valence-electron chi connectivity index (χ0n) is 15.5. The second kappa shape index (κ2) is 10.2. The number of nitrogens with one attached hydrogen (secondary N) is 3. The van der Waals surface area contributed by atoms with Crippen LogP contribution in [0.15, 0.2) is 53.4 Å². The third-order valence-electron chi connectivity index (χ3n) is 3.77. The second-order valence-corrected chi connectivity index (χ2v) is 7.62. The van der Waals surface area contributed by atoms with Gasteiger partial charge in [0.15, 0.2) is 0 Å². The molecule has 2 aromatic carbocycles. The number of rotatable bonds is 10. The minimum Gasteiger partial charge on any atom is -0.383 e. The molecule has 0 heterocycles. The second-order valence-electron chi connectivity index (χ2n) is 5.85. The summed E-state index contributed by atoms with van der Waals surface area (Å²) in [5.41, 5.74) is 1.97. The molecule has 0 aromatic heterocycles. The molecule has 8 heteroatoms. The van der Waals surface area contributed by atoms with Gasteiger partial charge in [-0.3, -0.25) is 4.79 Å². The van der Waals surface area contributed by atoms with Crippen molar-refractivity contribution in [1.29, 1.82) is 0 Å². The van der Waals surface area contributed by atoms with E-state index in [2.05, 4.69) is 15.4 Å². The molecule has 3 N–H and O–H groups in total. The van der Waals surface area contributed by atoms with Gasteiger partial charge in [0, 0.05) is 31.5 Å². The van der Waals surface area contributed by atoms with Gasteiger partial charge in [0.25, 0.3) is 5.91 Å². The molecule has 0 unspecified atom stereocenters. The van der Waals surface area contributed by atoms with Crippen LogP contribution >= 0.6 is 0 Å². The normalized spacial score (nSPS) is 11.3. The molecule has 0 radical (unpaired) electrons. The summed E-state index contributed by atoms with van der Waals surface area (Å²) in [6.45, 7) is 4.02. The fraction of sp³-hybridized carbons (Fsp3) is 0.316. The van der Waals surface area contributed by atoms with Crippen molar-refractivity contribution in [2.24, 2.45) is 0 Å². The largest absolute Gasteiger partial charge is 0.383 e. The van der Waals surface area contributed by atoms with E-state index in [9.17, 15) is 13.2 Å². The van der Waals surface area contributed by atoms with Crippen molar-refractivity contribution in [2.45, 2.75) is 18.4 Å². The number of amides is 1. The highest BCUT2D eigenvalue weighted by Gasteiger charge is 2.16. The van der Waals surface area contributed by atoms with E-state index >= 15 is 0 Å². The lowest BCUT2D eigenvalue weighted by Crippen LogP contribution is -2.27. The van der Waals surface area contributed by atoms with Crippen LogP contribution < -0.4 is 15.4 Å². The Labute approximate surface area is 160 Å². The molecule has 0 aliphatic heterocycles. The van der Waals surface area contributed by atoms with Crippen LogP contribution in [0.3, 0.4) is 0 Å². The van der Waals surface area contributed by atoms with Crippen LogP contribution in [0.4, 0.5) is 5.69 Å². The van der Waals surface area contributed by atoms with Gasteiger partial charge in [0.1, 0.15) is 0 Å². The van der Waals surface area contributed by atoms with Gasteiger partial charge in [-0.1, -0.05) is 25.1 Å². The molecular formula is C19H25N3O4S. The topological polar surface area (TPSA) is 96.5 Å². The molecule has 0 aliphatic carbocycles. The minimum absolute atomic E-state index is 0.0344. The van der Waals surface area contributed by atoms with E-state index in [0.29, 0.717) is 12.2 Å². The van der Waals surface area contributed by atoms with Crippen molar-refractivity contribution in [3.63, 3.8) is 0 Å². The van der Waals surface area contributed by atoms with E-state index in [1.54, 1.807) is 18.2 Å². The first kappa shape index (κ1) is 21.0. The van der Waals surface area contributed by atoms with E-state index in [0.717, 1.165) is 12.1 Å². The highest BCUT2D eigenvalue weighted by molar-refractivity contribution is 7.89. The van der Waals surface area contributed by atoms with Gasteiger partial charge in [-0.05, 0) is 42.4 Å². The molecule has 7 nitrogen and oxygen atoms in total. The first-order chi connectivity index (χ1) is 13.0. The summed E-state index contributed by atoms with van der Waals surface area (Å²) in [5.74, 6) is -0.371. The van der Waals surface area contributed by atoms with Crippen molar-refractivity contribution in [1.82, 2.24) is 10.0 Å². The third-order valence-corrected chi connectivity index (χ3v) is 5.23. The average molecular weight is 391 g/mol. The Hall–Kier alpha value is -2.26. The summed E-state index contributed by atoms with van der Waals surface area (Å²) in [4.78, 5) is 12.6. The Morgan fingerprint density at radius 1 is 1.11 bits per heavy atom. The smallest absolute Gasteiger partial charge is 0.255 e. The molecular weight excluding hydrogens is 366 g/mol. The van der Waals surface area contributed by atoms with E-state index in [1.807, 2.05) is 25.1 Å². The van der Waals surface area contributed by atoms with Crippen molar-refractivity contribution in [3.05, 3.63) is 59.7 Å². The van der Waals surface area contributed by atoms with E-state index in [1.165, 1.54) is 19.2 Å². The molecule has 0 bridgehead atoms. The van der Waals surface area contributed by atoms with Crippen LogP contribution in [0.5, 0.6) is 0 Å². The van der Waals surface area contributed by atoms with Gasteiger partial charge < -0.3 is 15.4 Å². The van der Waals surface area contributed by atoms with Crippen molar-refractivity contribution in [3.8, 4) is 0 Å². The van der Waals surface area contributed by atoms with Crippen molar-refractivity contribution < 1.29 is 17.9 Å². The summed E-state index contributed by atoms with van der Waals surface area (Å²) >= 11 is 0. The third kappa shape index (κ3) is 6.44. The molecule has 0 aliphatic rings. The fourth-order valence-corrected chi connectivity index (χ4v) is 3.46. The summed E-state index contributed by atoms with van der Waals surface area (Å²) in [6.07, 6.45) is 0. The first-order valence-electron chi connectivity index (χ1n) is 8.66. The molecule has 1 amide bonds. The minimum atomic E-state index is -3.70. The molecule has 0 fully saturated rings. The number of hydrogen-bond donors (Lipinski definition) is 3. The van der Waals surface area contributed by atoms with Crippen LogP contribution in [0.2, 0.25) is 0 Å². The average Bonchev–Trinajstić information content (AvgIpc) is 2.67. The number of hydrogen-bond acceptors (Lipinski definition) is 5. The number of carbonyl (C=O) groups excluding carboxylic acids is 1. The summed E-state index contributed by atoms with van der Waals surface area (Å²) in [7, 11) is -2.20. The molecule has 27 heavy (non-hydrogen) atoms. The van der Waals surface area contributed by atoms with E-state index in [-0.39, 0.29) is 29.5 Å². The van der Waals surface area contributed by atoms with E-state index < -0.39 is 10.0 Å². The lowest BCUT2D eigenvalue weighted by molar-refractivity contribution is 0.102. The lowest BCUT2D eigenvalue weighted by Gasteiger charge is -2.10. The molecule has 146 valence electrons. The quantitative estimate of drug-likeness (QED) is 0.538. The lowest BCUT2D eigenvalue weighted by atomic mass is 10.1. The maximum absolute atomic E-state index is 12.5. The highest BCUT2D eigenvalue weighted by Crippen LogP contribution is 2.15. The maximum Gasteiger partial charge on any atom is 0.255 e. The zero-order chi connectivity index (χ0) is 19.7. The number of ether oxygens (including phenoxy) is 1. The maximum atomic E-state index is 12.5. The van der Waals surface area contributed by atoms with E-state index in [4.69, 9.17) is 4.74 Å². The van der Waals surface area contributed by atoms with Gasteiger partial charge in [0.2, 0.25) is 10.0 Å². The van der Waals surface area contributed by atoms with Crippen LogP contribution in [0.1, 0.15) is 22.8 Å². The Morgan fingerprint density at radius 3 is 2.63 bits per heavy atom. The monoisotopic (exact) mass is 391 g/mol. The molecule has 0 spiro atoms. The first-order valence-corrected chi connectivity index (χ1v) is 10.1. The molecule has 2 aromatic rings. The predicted molar refractivity (Wildman–Crippen MR) is 105 cm³/mol. The standard InChI is InChI=1S/C19H25N3O4S/c1-3-20-14-15-6-4-8-17(12-15)22-19(23)16-7-5-9-18(13-16)27(24,25)21-10-11-26-2/h4-9,12-13,20-21H,3,10-11,14H2,1-2H3,(H,22,23). The Bertz CT molecular complexity index is 869. The van der Waals surface area contributed by atoms with Crippen LogP contribution in [-0.2, 0) is 21.3 Å². The molecule has 0 atom stereocenters. The Morgan fingerprint density at radius 2 is 1.89 bits per heavy atom. The van der Waals surface area contributed by atoms with Crippen molar-refractivity contribution in [2.75, 3.05) is 32.1 Å². The number of methoxy groups -OCH3 is 1. The van der Waals surface area contributed by atoms with Gasteiger partial charge >= 0.3 is 0 Å². The number of benzene rings is 2. The van der Waals surface area contributed by atoms with Crippen LogP contribution in [0, 0.1) is 0 Å². The molecule has 2 rings (SSSR count). The van der Waals surface area contributed by atoms with Crippen LogP contribution in [0.25, 0.3) is 0 Å². The molecule has 0 saturated carbocycles. The molecule has 0 saturated heterocycles. The number of sulfonamides is 1. The predicted octanol–water partition coefficient (Wildman–Crippen LogP) is 1.97. The Balaban J connectivity index is 2.11. The van der Waals surface area contributed by atoms with Crippen LogP contribution in [-0.4, -0.2) is 41.1 Å². The summed E-state index contributed by atoms with van der Waals surface area (Å²) in [5, 5.41) is 6.03. The van der Waals surface area contributed by atoms with Gasteiger partial charge in [0.05, 0.1) is 11.5 Å². The fourth-order valence-electron chi connectivity index (χ4n) is 2.40. The van der Waals surface area contributed by atoms with Gasteiger partial charge in [-0.25, -0.2) is 13.1 Å². The summed E-state index contributed by atoms with van der Waals surface area (Å²) < 4.78 is 31.8. The van der Waals surface area contributed by atoms with Gasteiger partial charge in [-0.2, -0.15) is 0 Å². The Kier molecular flexibility index (Phi) is 7.93.